The van der Waals surface area contributed by atoms with Crippen molar-refractivity contribution in [1.82, 2.24) is 5.32 Å². The Morgan fingerprint density at radius 2 is 0.945 bits per heavy atom. The van der Waals surface area contributed by atoms with E-state index in [0.29, 0.717) is 6.42 Å². The van der Waals surface area contributed by atoms with Gasteiger partial charge < -0.3 is 65.1 Å². The number of hydrogen-bond donors (Lipinski definition) is 9. The molecule has 0 saturated carbocycles. The zero-order valence-electron chi connectivity index (χ0n) is 44.1. The van der Waals surface area contributed by atoms with Crippen LogP contribution in [0.5, 0.6) is 0 Å². The molecule has 2 rings (SSSR count). The summed E-state index contributed by atoms with van der Waals surface area (Å²) >= 11 is 0. The Kier molecular flexibility index (Phi) is 39.1. The molecule has 0 radical (unpaired) electrons. The molecule has 14 nitrogen and oxygen atoms in total. The molecule has 1 amide bonds. The third-order valence-corrected chi connectivity index (χ3v) is 12.4. The standard InChI is InChI=1S/C59H95NO13/c1-3-5-7-9-11-13-14-15-16-17-18-19-20-21-22-23-24-25-26-27-28-29-30-31-32-33-34-35-37-39-41-43-51(64)60-47(48(63)42-40-38-36-12-10-8-6-4-2)46-70-58-56(69)54(67)57(50(45-62)72-58)73-59-55(68)53(66)52(65)49(44-61)71-59/h5,7,11,13,15-16,18-19,21-22,24-25,27-28,30-31,33-34,40,42,47-50,52-59,61-63,65-69H,3-4,6,8-10,12,14,17,20,23,26,29,32,35-39,41,43-46H2,1-2H3,(H,60,64)/b7-5-,13-11-,16-15-,19-18-,22-21-,25-24-,28-27-,31-30-,34-33-,42-40+. The Balaban J connectivity index is 1.71. The average molecular weight is 1030 g/mol. The fraction of sp³-hybridized carbons (Fsp3) is 0.644. The van der Waals surface area contributed by atoms with Gasteiger partial charge in [-0.2, -0.15) is 0 Å². The third kappa shape index (κ3) is 29.9. The summed E-state index contributed by atoms with van der Waals surface area (Å²) in [6.45, 7) is 2.56. The Bertz CT molecular complexity index is 1680. The first-order chi connectivity index (χ1) is 35.6. The lowest BCUT2D eigenvalue weighted by Crippen LogP contribution is -2.65. The number of unbranched alkanes of at least 4 members (excludes halogenated alkanes) is 9. The molecular formula is C59H95NO13. The summed E-state index contributed by atoms with van der Waals surface area (Å²) in [6.07, 6.45) is 45.5. The van der Waals surface area contributed by atoms with E-state index in [1.165, 1.54) is 19.3 Å². The zero-order valence-corrected chi connectivity index (χ0v) is 44.1. The van der Waals surface area contributed by atoms with E-state index in [1.807, 2.05) is 6.08 Å². The summed E-state index contributed by atoms with van der Waals surface area (Å²) in [5, 5.41) is 86.5. The van der Waals surface area contributed by atoms with E-state index in [-0.39, 0.29) is 18.9 Å². The monoisotopic (exact) mass is 1030 g/mol. The highest BCUT2D eigenvalue weighted by Crippen LogP contribution is 2.30. The van der Waals surface area contributed by atoms with Crippen LogP contribution in [0, 0.1) is 0 Å². The van der Waals surface area contributed by atoms with Crippen LogP contribution in [0.3, 0.4) is 0 Å². The van der Waals surface area contributed by atoms with E-state index < -0.39 is 86.8 Å². The molecule has 12 atom stereocenters. The van der Waals surface area contributed by atoms with Gasteiger partial charge in [0.2, 0.25) is 5.91 Å². The van der Waals surface area contributed by atoms with Gasteiger partial charge in [0.25, 0.3) is 0 Å². The van der Waals surface area contributed by atoms with Crippen molar-refractivity contribution < 1.29 is 64.6 Å². The Morgan fingerprint density at radius 1 is 0.507 bits per heavy atom. The van der Waals surface area contributed by atoms with E-state index >= 15 is 0 Å². The molecule has 2 saturated heterocycles. The van der Waals surface area contributed by atoms with Crippen molar-refractivity contribution >= 4 is 5.91 Å². The molecule has 2 aliphatic heterocycles. The summed E-state index contributed by atoms with van der Waals surface area (Å²) < 4.78 is 22.6. The van der Waals surface area contributed by atoms with Gasteiger partial charge >= 0.3 is 0 Å². The second-order valence-corrected chi connectivity index (χ2v) is 18.6. The molecule has 14 heteroatoms. The minimum absolute atomic E-state index is 0.232. The first-order valence-electron chi connectivity index (χ1n) is 27.3. The lowest BCUT2D eigenvalue weighted by Gasteiger charge is -2.46. The second kappa shape index (κ2) is 43.6. The van der Waals surface area contributed by atoms with Crippen LogP contribution >= 0.6 is 0 Å². The van der Waals surface area contributed by atoms with E-state index in [1.54, 1.807) is 6.08 Å². The molecule has 73 heavy (non-hydrogen) atoms. The molecule has 12 unspecified atom stereocenters. The lowest BCUT2D eigenvalue weighted by molar-refractivity contribution is -0.359. The Morgan fingerprint density at radius 3 is 1.45 bits per heavy atom. The number of nitrogens with one attached hydrogen (secondary N) is 1. The lowest BCUT2D eigenvalue weighted by atomic mass is 9.97. The van der Waals surface area contributed by atoms with Crippen molar-refractivity contribution in [2.24, 2.45) is 0 Å². The van der Waals surface area contributed by atoms with Crippen molar-refractivity contribution in [3.05, 3.63) is 122 Å². The Labute approximate surface area is 438 Å². The smallest absolute Gasteiger partial charge is 0.220 e. The predicted octanol–water partition coefficient (Wildman–Crippen LogP) is 8.27. The molecule has 414 valence electrons. The van der Waals surface area contributed by atoms with Gasteiger partial charge in [-0.3, -0.25) is 4.79 Å². The van der Waals surface area contributed by atoms with Crippen molar-refractivity contribution in [2.45, 2.75) is 222 Å². The molecule has 0 bridgehead atoms. The number of carbonyl (C=O) groups is 1. The van der Waals surface area contributed by atoms with E-state index in [4.69, 9.17) is 18.9 Å². The topological polar surface area (TPSA) is 228 Å². The largest absolute Gasteiger partial charge is 0.394 e. The summed E-state index contributed by atoms with van der Waals surface area (Å²) in [7, 11) is 0. The SMILES string of the molecule is CC/C=C\C/C=C\C/C=C\C/C=C\C/C=C\C/C=C\C/C=C\C/C=C\C/C=C\CCCCCC(=O)NC(COC1OC(CO)C(OC2OC(CO)C(O)C(O)C2O)C(O)C1O)C(O)/C=C/CCCCCCCC. The highest BCUT2D eigenvalue weighted by Gasteiger charge is 2.51. The number of aliphatic hydroxyl groups excluding tert-OH is 8. The van der Waals surface area contributed by atoms with Crippen LogP contribution in [-0.4, -0.2) is 140 Å². The molecule has 0 aromatic carbocycles. The van der Waals surface area contributed by atoms with E-state index in [2.05, 4.69) is 129 Å². The molecule has 0 aromatic rings. The number of aliphatic hydroxyl groups is 8. The fourth-order valence-electron chi connectivity index (χ4n) is 7.99. The van der Waals surface area contributed by atoms with Crippen molar-refractivity contribution in [1.29, 1.82) is 0 Å². The fourth-order valence-corrected chi connectivity index (χ4v) is 7.99. The molecule has 9 N–H and O–H groups in total. The first-order valence-corrected chi connectivity index (χ1v) is 27.3. The first kappa shape index (κ1) is 65.5. The molecule has 2 aliphatic rings. The van der Waals surface area contributed by atoms with Gasteiger partial charge in [0, 0.05) is 6.42 Å². The van der Waals surface area contributed by atoms with Crippen LogP contribution in [0.4, 0.5) is 0 Å². The molecule has 2 fully saturated rings. The summed E-state index contributed by atoms with van der Waals surface area (Å²) in [5.74, 6) is -0.282. The van der Waals surface area contributed by atoms with E-state index in [0.717, 1.165) is 103 Å². The van der Waals surface area contributed by atoms with Gasteiger partial charge in [-0.05, 0) is 89.9 Å². The summed E-state index contributed by atoms with van der Waals surface area (Å²) in [6, 6.07) is -0.939. The van der Waals surface area contributed by atoms with Gasteiger partial charge in [0.15, 0.2) is 12.6 Å². The highest BCUT2D eigenvalue weighted by atomic mass is 16.7. The maximum Gasteiger partial charge on any atom is 0.220 e. The Hall–Kier alpha value is -3.61. The van der Waals surface area contributed by atoms with Crippen LogP contribution in [0.2, 0.25) is 0 Å². The number of allylic oxidation sites excluding steroid dienone is 19. The predicted molar refractivity (Wildman–Crippen MR) is 290 cm³/mol. The maximum absolute atomic E-state index is 13.1. The molecule has 0 aliphatic carbocycles. The van der Waals surface area contributed by atoms with Gasteiger partial charge in [-0.15, -0.1) is 0 Å². The number of rotatable bonds is 40. The average Bonchev–Trinajstić information content (AvgIpc) is 3.39. The van der Waals surface area contributed by atoms with Gasteiger partial charge in [0.1, 0.15) is 48.8 Å². The molecule has 0 aromatic heterocycles. The number of amides is 1. The molecule has 2 heterocycles. The van der Waals surface area contributed by atoms with Crippen LogP contribution in [-0.2, 0) is 23.7 Å². The number of ether oxygens (including phenoxy) is 4. The van der Waals surface area contributed by atoms with Gasteiger partial charge in [0.05, 0.1) is 32.0 Å². The van der Waals surface area contributed by atoms with Crippen LogP contribution < -0.4 is 5.32 Å². The maximum atomic E-state index is 13.1. The third-order valence-electron chi connectivity index (χ3n) is 12.4. The quantitative estimate of drug-likeness (QED) is 0.0208. The normalized spacial score (nSPS) is 26.4. The minimum Gasteiger partial charge on any atom is -0.394 e. The zero-order chi connectivity index (χ0) is 53.2. The summed E-state index contributed by atoms with van der Waals surface area (Å²) in [5.41, 5.74) is 0. The summed E-state index contributed by atoms with van der Waals surface area (Å²) in [4.78, 5) is 13.1. The van der Waals surface area contributed by atoms with E-state index in [9.17, 15) is 45.6 Å². The highest BCUT2D eigenvalue weighted by molar-refractivity contribution is 5.76. The second-order valence-electron chi connectivity index (χ2n) is 18.6. The van der Waals surface area contributed by atoms with Crippen molar-refractivity contribution in [2.75, 3.05) is 19.8 Å². The molecule has 0 spiro atoms. The number of carbonyl (C=O) groups excluding carboxylic acids is 1. The van der Waals surface area contributed by atoms with Crippen molar-refractivity contribution in [3.63, 3.8) is 0 Å². The molecular weight excluding hydrogens is 931 g/mol. The van der Waals surface area contributed by atoms with Crippen molar-refractivity contribution in [3.8, 4) is 0 Å². The minimum atomic E-state index is -1.80. The van der Waals surface area contributed by atoms with Crippen LogP contribution in [0.25, 0.3) is 0 Å². The number of hydrogen-bond acceptors (Lipinski definition) is 13. The van der Waals surface area contributed by atoms with Gasteiger partial charge in [-0.25, -0.2) is 0 Å². The van der Waals surface area contributed by atoms with Crippen LogP contribution in [0.1, 0.15) is 149 Å². The van der Waals surface area contributed by atoms with Gasteiger partial charge in [-0.1, -0.05) is 174 Å². The van der Waals surface area contributed by atoms with Crippen LogP contribution in [0.15, 0.2) is 122 Å².